The van der Waals surface area contributed by atoms with E-state index >= 15 is 0 Å². The number of pyridine rings is 1. The first-order valence-corrected chi connectivity index (χ1v) is 10.7. The fourth-order valence-corrected chi connectivity index (χ4v) is 4.18. The molecular formula is C24H25N7O. The Hall–Kier alpha value is -3.94. The van der Waals surface area contributed by atoms with Gasteiger partial charge in [0.05, 0.1) is 6.42 Å². The molecule has 0 radical (unpaired) electrons. The van der Waals surface area contributed by atoms with Crippen LogP contribution < -0.4 is 10.2 Å². The van der Waals surface area contributed by atoms with E-state index in [4.69, 9.17) is 0 Å². The number of carbonyl (C=O) groups is 1. The lowest BCUT2D eigenvalue weighted by molar-refractivity contribution is -0.130. The largest absolute Gasteiger partial charge is 0.353 e. The van der Waals surface area contributed by atoms with Crippen molar-refractivity contribution in [2.75, 3.05) is 36.4 Å². The fourth-order valence-electron chi connectivity index (χ4n) is 4.18. The summed E-state index contributed by atoms with van der Waals surface area (Å²) in [6, 6.07) is 15.8. The second-order valence-corrected chi connectivity index (χ2v) is 7.93. The van der Waals surface area contributed by atoms with Gasteiger partial charge in [-0.25, -0.2) is 15.0 Å². The molecule has 0 saturated carbocycles. The molecule has 3 aromatic heterocycles. The number of fused-ring (bicyclic) bond motifs is 1. The molecule has 1 aliphatic rings. The molecule has 0 unspecified atom stereocenters. The highest BCUT2D eigenvalue weighted by molar-refractivity contribution is 5.89. The number of piperazine rings is 1. The third kappa shape index (κ3) is 4.12. The summed E-state index contributed by atoms with van der Waals surface area (Å²) in [6.07, 6.45) is 5.78. The quantitative estimate of drug-likeness (QED) is 0.528. The van der Waals surface area contributed by atoms with Gasteiger partial charge in [0.15, 0.2) is 0 Å². The number of benzene rings is 1. The molecule has 0 aliphatic carbocycles. The summed E-state index contributed by atoms with van der Waals surface area (Å²) >= 11 is 0. The highest BCUT2D eigenvalue weighted by Crippen LogP contribution is 2.22. The summed E-state index contributed by atoms with van der Waals surface area (Å²) in [4.78, 5) is 30.1. The number of rotatable bonds is 5. The van der Waals surface area contributed by atoms with E-state index in [0.29, 0.717) is 25.3 Å². The van der Waals surface area contributed by atoms with Crippen LogP contribution >= 0.6 is 0 Å². The maximum atomic E-state index is 13.0. The van der Waals surface area contributed by atoms with E-state index in [2.05, 4.69) is 48.1 Å². The second-order valence-electron chi connectivity index (χ2n) is 7.93. The van der Waals surface area contributed by atoms with Crippen molar-refractivity contribution in [1.82, 2.24) is 24.4 Å². The molecule has 0 atom stereocenters. The number of aromatic nitrogens is 4. The van der Waals surface area contributed by atoms with Gasteiger partial charge in [-0.05, 0) is 23.8 Å². The molecule has 1 saturated heterocycles. The summed E-state index contributed by atoms with van der Waals surface area (Å²) < 4.78 is 2.08. The van der Waals surface area contributed by atoms with Gasteiger partial charge < -0.3 is 19.7 Å². The van der Waals surface area contributed by atoms with Crippen molar-refractivity contribution in [3.05, 3.63) is 72.8 Å². The maximum Gasteiger partial charge on any atom is 0.227 e. The van der Waals surface area contributed by atoms with Crippen LogP contribution in [-0.4, -0.2) is 56.5 Å². The smallest absolute Gasteiger partial charge is 0.227 e. The molecule has 1 aromatic carbocycles. The molecular weight excluding hydrogens is 402 g/mol. The van der Waals surface area contributed by atoms with Crippen molar-refractivity contribution in [1.29, 1.82) is 0 Å². The monoisotopic (exact) mass is 427 g/mol. The molecule has 8 heteroatoms. The zero-order valence-corrected chi connectivity index (χ0v) is 18.0. The Labute approximate surface area is 186 Å². The van der Waals surface area contributed by atoms with E-state index < -0.39 is 0 Å². The standard InChI is InChI=1S/C24H25N7O/c1-29-16-18(19-6-2-3-7-20(19)29)14-24(32)31-12-10-30(11-13-31)23-15-22(26-17-27-23)28-21-8-4-5-9-25-21/h2-9,15-17H,10-14H2,1H3,(H,25,26,27,28). The Kier molecular flexibility index (Phi) is 5.41. The van der Waals surface area contributed by atoms with E-state index in [1.54, 1.807) is 12.5 Å². The van der Waals surface area contributed by atoms with Crippen molar-refractivity contribution in [2.45, 2.75) is 6.42 Å². The zero-order chi connectivity index (χ0) is 21.9. The molecule has 1 N–H and O–H groups in total. The third-order valence-corrected chi connectivity index (χ3v) is 5.85. The number of carbonyl (C=O) groups excluding carboxylic acids is 1. The Morgan fingerprint density at radius 3 is 2.59 bits per heavy atom. The molecule has 1 aliphatic heterocycles. The van der Waals surface area contributed by atoms with Crippen LogP contribution in [0.3, 0.4) is 0 Å². The lowest BCUT2D eigenvalue weighted by Crippen LogP contribution is -2.49. The molecule has 0 bridgehead atoms. The van der Waals surface area contributed by atoms with Crippen LogP contribution in [-0.2, 0) is 18.3 Å². The number of amides is 1. The molecule has 5 rings (SSSR count). The molecule has 0 spiro atoms. The Bertz CT molecular complexity index is 1230. The van der Waals surface area contributed by atoms with Gasteiger partial charge in [-0.3, -0.25) is 4.79 Å². The molecule has 162 valence electrons. The van der Waals surface area contributed by atoms with Crippen molar-refractivity contribution < 1.29 is 4.79 Å². The van der Waals surface area contributed by atoms with E-state index in [0.717, 1.165) is 41.2 Å². The van der Waals surface area contributed by atoms with Crippen molar-refractivity contribution in [3.63, 3.8) is 0 Å². The van der Waals surface area contributed by atoms with E-state index in [1.807, 2.05) is 48.3 Å². The summed E-state index contributed by atoms with van der Waals surface area (Å²) in [5.41, 5.74) is 2.23. The fraction of sp³-hybridized carbons (Fsp3) is 0.250. The SMILES string of the molecule is Cn1cc(CC(=O)N2CCN(c3cc(Nc4ccccn4)ncn3)CC2)c2ccccc21. The average Bonchev–Trinajstić information content (AvgIpc) is 3.15. The number of hydrogen-bond donors (Lipinski definition) is 1. The van der Waals surface area contributed by atoms with Gasteiger partial charge in [0.25, 0.3) is 0 Å². The normalized spacial score (nSPS) is 14.0. The minimum atomic E-state index is 0.168. The highest BCUT2D eigenvalue weighted by Gasteiger charge is 2.23. The molecule has 32 heavy (non-hydrogen) atoms. The van der Waals surface area contributed by atoms with Crippen LogP contribution in [0.1, 0.15) is 5.56 Å². The van der Waals surface area contributed by atoms with Crippen molar-refractivity contribution >= 4 is 34.3 Å². The zero-order valence-electron chi connectivity index (χ0n) is 18.0. The lowest BCUT2D eigenvalue weighted by Gasteiger charge is -2.35. The van der Waals surface area contributed by atoms with E-state index in [9.17, 15) is 4.79 Å². The number of hydrogen-bond acceptors (Lipinski definition) is 6. The molecule has 1 amide bonds. The van der Waals surface area contributed by atoms with Gasteiger partial charge in [-0.1, -0.05) is 24.3 Å². The second kappa shape index (κ2) is 8.66. The van der Waals surface area contributed by atoms with E-state index in [1.165, 1.54) is 0 Å². The number of nitrogens with one attached hydrogen (secondary N) is 1. The predicted octanol–water partition coefficient (Wildman–Crippen LogP) is 3.00. The maximum absolute atomic E-state index is 13.0. The van der Waals surface area contributed by atoms with Crippen molar-refractivity contribution in [3.8, 4) is 0 Å². The first-order valence-electron chi connectivity index (χ1n) is 10.7. The summed E-state index contributed by atoms with van der Waals surface area (Å²) in [7, 11) is 2.02. The number of anilines is 3. The Balaban J connectivity index is 1.21. The molecule has 8 nitrogen and oxygen atoms in total. The topological polar surface area (TPSA) is 79.2 Å². The van der Waals surface area contributed by atoms with Gasteiger partial charge in [0.1, 0.15) is 23.8 Å². The molecule has 1 fully saturated rings. The predicted molar refractivity (Wildman–Crippen MR) is 125 cm³/mol. The highest BCUT2D eigenvalue weighted by atomic mass is 16.2. The van der Waals surface area contributed by atoms with Crippen LogP contribution in [0, 0.1) is 0 Å². The Morgan fingerprint density at radius 2 is 1.78 bits per heavy atom. The molecule has 4 aromatic rings. The molecule has 4 heterocycles. The van der Waals surface area contributed by atoms with Crippen LogP contribution in [0.4, 0.5) is 17.5 Å². The van der Waals surface area contributed by atoms with Gasteiger partial charge in [0.2, 0.25) is 5.91 Å². The lowest BCUT2D eigenvalue weighted by atomic mass is 10.1. The number of nitrogens with zero attached hydrogens (tertiary/aromatic N) is 6. The summed E-state index contributed by atoms with van der Waals surface area (Å²) in [6.45, 7) is 2.83. The summed E-state index contributed by atoms with van der Waals surface area (Å²) in [5, 5.41) is 4.35. The van der Waals surface area contributed by atoms with E-state index in [-0.39, 0.29) is 5.91 Å². The van der Waals surface area contributed by atoms with Crippen LogP contribution in [0.15, 0.2) is 67.3 Å². The van der Waals surface area contributed by atoms with Gasteiger partial charge in [-0.15, -0.1) is 0 Å². The van der Waals surface area contributed by atoms with Crippen LogP contribution in [0.25, 0.3) is 10.9 Å². The number of aryl methyl sites for hydroxylation is 1. The third-order valence-electron chi connectivity index (χ3n) is 5.85. The first kappa shape index (κ1) is 20.0. The Morgan fingerprint density at radius 1 is 0.969 bits per heavy atom. The van der Waals surface area contributed by atoms with Crippen molar-refractivity contribution in [2.24, 2.45) is 7.05 Å². The minimum absolute atomic E-state index is 0.168. The minimum Gasteiger partial charge on any atom is -0.353 e. The first-order chi connectivity index (χ1) is 15.7. The van der Waals surface area contributed by atoms with Gasteiger partial charge in [0, 0.05) is 62.6 Å². The van der Waals surface area contributed by atoms with Crippen LogP contribution in [0.5, 0.6) is 0 Å². The van der Waals surface area contributed by atoms with Gasteiger partial charge in [-0.2, -0.15) is 0 Å². The average molecular weight is 428 g/mol. The summed E-state index contributed by atoms with van der Waals surface area (Å²) in [5.74, 6) is 2.45. The van der Waals surface area contributed by atoms with Gasteiger partial charge >= 0.3 is 0 Å². The van der Waals surface area contributed by atoms with Crippen LogP contribution in [0.2, 0.25) is 0 Å². The number of para-hydroxylation sites is 1.